The van der Waals surface area contributed by atoms with Gasteiger partial charge in [0.25, 0.3) is 0 Å². The van der Waals surface area contributed by atoms with Gasteiger partial charge in [-0.05, 0) is 37.1 Å². The maximum Gasteiger partial charge on any atom is 0.230 e. The fraction of sp³-hybridized carbons (Fsp3) is 0.300. The number of carbonyl (C=O) groups is 1. The predicted molar refractivity (Wildman–Crippen MR) is 108 cm³/mol. The van der Waals surface area contributed by atoms with Crippen molar-refractivity contribution < 1.29 is 4.79 Å². The zero-order chi connectivity index (χ0) is 19.2. The molecule has 6 nitrogen and oxygen atoms in total. The van der Waals surface area contributed by atoms with Gasteiger partial charge in [-0.1, -0.05) is 43.3 Å². The van der Waals surface area contributed by atoms with E-state index in [0.29, 0.717) is 23.4 Å². The average Bonchev–Trinajstić information content (AvgIpc) is 3.10. The molecule has 2 heterocycles. The molecule has 1 aromatic carbocycles. The van der Waals surface area contributed by atoms with Gasteiger partial charge in [0.05, 0.1) is 5.75 Å². The minimum atomic E-state index is -0.00221. The van der Waals surface area contributed by atoms with Crippen molar-refractivity contribution in [3.05, 3.63) is 54.4 Å². The zero-order valence-electron chi connectivity index (χ0n) is 15.7. The van der Waals surface area contributed by atoms with E-state index in [4.69, 9.17) is 0 Å². The summed E-state index contributed by atoms with van der Waals surface area (Å²) in [5, 5.41) is 12.3. The molecule has 0 bridgehead atoms. The van der Waals surface area contributed by atoms with E-state index in [-0.39, 0.29) is 5.91 Å². The molecule has 0 radical (unpaired) electrons. The van der Waals surface area contributed by atoms with Gasteiger partial charge in [0.15, 0.2) is 11.0 Å². The van der Waals surface area contributed by atoms with E-state index in [1.54, 1.807) is 12.4 Å². The van der Waals surface area contributed by atoms with Crippen molar-refractivity contribution in [2.24, 2.45) is 5.92 Å². The Morgan fingerprint density at radius 2 is 1.81 bits per heavy atom. The van der Waals surface area contributed by atoms with Crippen molar-refractivity contribution >= 4 is 17.7 Å². The van der Waals surface area contributed by atoms with Crippen molar-refractivity contribution in [3.63, 3.8) is 0 Å². The number of nitrogens with zero attached hydrogens (tertiary/aromatic N) is 4. The number of pyridine rings is 1. The summed E-state index contributed by atoms with van der Waals surface area (Å²) in [7, 11) is 0. The van der Waals surface area contributed by atoms with Crippen molar-refractivity contribution in [1.29, 1.82) is 0 Å². The smallest absolute Gasteiger partial charge is 0.230 e. The van der Waals surface area contributed by atoms with E-state index in [0.717, 1.165) is 17.1 Å². The summed E-state index contributed by atoms with van der Waals surface area (Å²) < 4.78 is 1.98. The lowest BCUT2D eigenvalue weighted by Crippen LogP contribution is -2.28. The lowest BCUT2D eigenvalue weighted by Gasteiger charge is -2.11. The maximum atomic E-state index is 12.1. The number of aryl methyl sites for hydroxylation is 1. The highest BCUT2D eigenvalue weighted by atomic mass is 32.2. The van der Waals surface area contributed by atoms with Crippen LogP contribution >= 0.6 is 11.8 Å². The Kier molecular flexibility index (Phi) is 6.24. The third kappa shape index (κ3) is 4.95. The van der Waals surface area contributed by atoms with Gasteiger partial charge in [0.2, 0.25) is 5.91 Å². The zero-order valence-corrected chi connectivity index (χ0v) is 16.5. The lowest BCUT2D eigenvalue weighted by atomic mass is 10.2. The number of thioether (sulfide) groups is 1. The molecule has 1 amide bonds. The first-order valence-corrected chi connectivity index (χ1v) is 9.85. The summed E-state index contributed by atoms with van der Waals surface area (Å²) in [6.07, 6.45) is 3.46. The minimum absolute atomic E-state index is 0.00221. The Labute approximate surface area is 163 Å². The Morgan fingerprint density at radius 3 is 2.48 bits per heavy atom. The molecule has 0 aliphatic carbocycles. The number of aromatic nitrogens is 4. The number of amides is 1. The van der Waals surface area contributed by atoms with Crippen molar-refractivity contribution in [3.8, 4) is 17.1 Å². The molecular formula is C20H23N5OS. The predicted octanol–water partition coefficient (Wildman–Crippen LogP) is 3.50. The van der Waals surface area contributed by atoms with Crippen LogP contribution in [0.3, 0.4) is 0 Å². The monoisotopic (exact) mass is 381 g/mol. The van der Waals surface area contributed by atoms with Crippen molar-refractivity contribution in [2.75, 3.05) is 12.3 Å². The molecule has 0 atom stereocenters. The van der Waals surface area contributed by atoms with E-state index in [2.05, 4.69) is 53.4 Å². The molecule has 0 unspecified atom stereocenters. The number of hydrogen-bond donors (Lipinski definition) is 1. The first-order chi connectivity index (χ1) is 13.0. The number of carbonyl (C=O) groups excluding carboxylic acids is 1. The highest BCUT2D eigenvalue weighted by Gasteiger charge is 2.17. The Bertz CT molecular complexity index is 890. The largest absolute Gasteiger partial charge is 0.355 e. The summed E-state index contributed by atoms with van der Waals surface area (Å²) >= 11 is 1.38. The molecule has 0 aliphatic heterocycles. The first-order valence-electron chi connectivity index (χ1n) is 8.87. The van der Waals surface area contributed by atoms with Crippen molar-refractivity contribution in [2.45, 2.75) is 25.9 Å². The quantitative estimate of drug-likeness (QED) is 0.634. The van der Waals surface area contributed by atoms with Gasteiger partial charge in [-0.25, -0.2) is 0 Å². The lowest BCUT2D eigenvalue weighted by molar-refractivity contribution is -0.118. The van der Waals surface area contributed by atoms with E-state index >= 15 is 0 Å². The SMILES string of the molecule is Cc1ccc(-n2c(SCC(=O)NCC(C)C)nnc2-c2ccncc2)cc1. The molecule has 0 saturated carbocycles. The van der Waals surface area contributed by atoms with E-state index in [9.17, 15) is 4.79 Å². The highest BCUT2D eigenvalue weighted by molar-refractivity contribution is 7.99. The average molecular weight is 382 g/mol. The van der Waals surface area contributed by atoms with Crippen LogP contribution < -0.4 is 5.32 Å². The molecule has 3 aromatic rings. The second-order valence-electron chi connectivity index (χ2n) is 6.70. The topological polar surface area (TPSA) is 72.7 Å². The Hall–Kier alpha value is -2.67. The second kappa shape index (κ2) is 8.81. The summed E-state index contributed by atoms with van der Waals surface area (Å²) in [5.41, 5.74) is 3.07. The van der Waals surface area contributed by atoms with Gasteiger partial charge in [0.1, 0.15) is 0 Å². The normalized spacial score (nSPS) is 11.0. The molecule has 7 heteroatoms. The molecule has 140 valence electrons. The van der Waals surface area contributed by atoms with Gasteiger partial charge in [-0.15, -0.1) is 10.2 Å². The molecule has 3 rings (SSSR count). The molecular weight excluding hydrogens is 358 g/mol. The summed E-state index contributed by atoms with van der Waals surface area (Å²) in [6.45, 7) is 6.87. The van der Waals surface area contributed by atoms with Crippen LogP contribution in [-0.4, -0.2) is 38.0 Å². The molecule has 0 spiro atoms. The van der Waals surface area contributed by atoms with Crippen LogP contribution in [0.2, 0.25) is 0 Å². The van der Waals surface area contributed by atoms with Gasteiger partial charge < -0.3 is 5.32 Å². The number of hydrogen-bond acceptors (Lipinski definition) is 5. The number of rotatable bonds is 7. The molecule has 2 aromatic heterocycles. The van der Waals surface area contributed by atoms with Crippen LogP contribution in [0.25, 0.3) is 17.1 Å². The standard InChI is InChI=1S/C20H23N5OS/c1-14(2)12-22-18(26)13-27-20-24-23-19(16-8-10-21-11-9-16)25(20)17-6-4-15(3)5-7-17/h4-11,14H,12-13H2,1-3H3,(H,22,26). The molecule has 0 saturated heterocycles. The fourth-order valence-corrected chi connectivity index (χ4v) is 3.26. The maximum absolute atomic E-state index is 12.1. The van der Waals surface area contributed by atoms with E-state index in [1.165, 1.54) is 17.3 Å². The number of nitrogens with one attached hydrogen (secondary N) is 1. The highest BCUT2D eigenvalue weighted by Crippen LogP contribution is 2.27. The molecule has 1 N–H and O–H groups in total. The molecule has 0 aliphatic rings. The van der Waals surface area contributed by atoms with Crippen LogP contribution in [0.4, 0.5) is 0 Å². The van der Waals surface area contributed by atoms with Crippen LogP contribution in [0.5, 0.6) is 0 Å². The number of benzene rings is 1. The van der Waals surface area contributed by atoms with Crippen LogP contribution in [0, 0.1) is 12.8 Å². The van der Waals surface area contributed by atoms with Gasteiger partial charge >= 0.3 is 0 Å². The van der Waals surface area contributed by atoms with Crippen LogP contribution in [0.15, 0.2) is 53.9 Å². The molecule has 27 heavy (non-hydrogen) atoms. The summed E-state index contributed by atoms with van der Waals surface area (Å²) in [4.78, 5) is 16.2. The second-order valence-corrected chi connectivity index (χ2v) is 7.64. The van der Waals surface area contributed by atoms with Gasteiger partial charge in [-0.2, -0.15) is 0 Å². The fourth-order valence-electron chi connectivity index (χ4n) is 2.48. The third-order valence-corrected chi connectivity index (χ3v) is 4.83. The molecule has 0 fully saturated rings. The van der Waals surface area contributed by atoms with Crippen LogP contribution in [-0.2, 0) is 4.79 Å². The van der Waals surface area contributed by atoms with Gasteiger partial charge in [-0.3, -0.25) is 14.3 Å². The van der Waals surface area contributed by atoms with E-state index < -0.39 is 0 Å². The Morgan fingerprint density at radius 1 is 1.11 bits per heavy atom. The summed E-state index contributed by atoms with van der Waals surface area (Å²) in [6, 6.07) is 12.0. The van der Waals surface area contributed by atoms with Gasteiger partial charge in [0, 0.05) is 30.2 Å². The van der Waals surface area contributed by atoms with E-state index in [1.807, 2.05) is 28.8 Å². The Balaban J connectivity index is 1.89. The first kappa shape index (κ1) is 19.1. The minimum Gasteiger partial charge on any atom is -0.355 e. The summed E-state index contributed by atoms with van der Waals surface area (Å²) in [5.74, 6) is 1.45. The third-order valence-electron chi connectivity index (χ3n) is 3.90. The van der Waals surface area contributed by atoms with Crippen molar-refractivity contribution in [1.82, 2.24) is 25.1 Å². The van der Waals surface area contributed by atoms with Crippen LogP contribution in [0.1, 0.15) is 19.4 Å².